The van der Waals surface area contributed by atoms with Crippen molar-refractivity contribution in [2.24, 2.45) is 5.92 Å². The lowest BCUT2D eigenvalue weighted by atomic mass is 9.68. The van der Waals surface area contributed by atoms with Gasteiger partial charge in [-0.15, -0.1) is 13.2 Å². The zero-order chi connectivity index (χ0) is 16.5. The molecule has 1 saturated carbocycles. The minimum absolute atomic E-state index is 0.0337. The Hall–Kier alpha value is -2.15. The quantitative estimate of drug-likeness (QED) is 0.936. The van der Waals surface area contributed by atoms with Gasteiger partial charge in [0.15, 0.2) is 0 Å². The summed E-state index contributed by atoms with van der Waals surface area (Å²) in [5.41, 5.74) is -0.477. The maximum Gasteiger partial charge on any atom is 0.573 e. The molecule has 122 valence electrons. The topological polar surface area (TPSA) is 55.2 Å². The summed E-state index contributed by atoms with van der Waals surface area (Å²) in [6, 6.07) is 5.27. The van der Waals surface area contributed by atoms with Crippen molar-refractivity contribution in [1.29, 1.82) is 0 Å². The molecule has 2 aromatic rings. The van der Waals surface area contributed by atoms with Crippen molar-refractivity contribution in [3.8, 4) is 5.75 Å². The van der Waals surface area contributed by atoms with Crippen LogP contribution in [0.3, 0.4) is 0 Å². The van der Waals surface area contributed by atoms with E-state index in [1.54, 1.807) is 0 Å². The van der Waals surface area contributed by atoms with Gasteiger partial charge in [0.25, 0.3) is 0 Å². The Bertz CT molecular complexity index is 657. The van der Waals surface area contributed by atoms with Crippen molar-refractivity contribution in [2.75, 3.05) is 0 Å². The molecule has 0 spiro atoms. The van der Waals surface area contributed by atoms with E-state index in [2.05, 4.69) is 14.7 Å². The Morgan fingerprint density at radius 2 is 1.78 bits per heavy atom. The van der Waals surface area contributed by atoms with Crippen molar-refractivity contribution < 1.29 is 23.0 Å². The van der Waals surface area contributed by atoms with Gasteiger partial charge in [-0.25, -0.2) is 0 Å². The molecule has 1 fully saturated rings. The molecule has 7 heteroatoms. The first-order valence-electron chi connectivity index (χ1n) is 7.25. The van der Waals surface area contributed by atoms with Crippen molar-refractivity contribution in [3.05, 3.63) is 54.1 Å². The lowest BCUT2D eigenvalue weighted by Gasteiger charge is -2.41. The smallest absolute Gasteiger partial charge is 0.406 e. The normalized spacial score (nSPS) is 18.1. The third kappa shape index (κ3) is 3.14. The van der Waals surface area contributed by atoms with Gasteiger partial charge in [0.05, 0.1) is 11.9 Å². The van der Waals surface area contributed by atoms with E-state index in [0.717, 1.165) is 19.3 Å². The van der Waals surface area contributed by atoms with Gasteiger partial charge in [-0.1, -0.05) is 18.6 Å². The van der Waals surface area contributed by atoms with Crippen LogP contribution in [0.5, 0.6) is 5.75 Å². The van der Waals surface area contributed by atoms with Crippen molar-refractivity contribution in [2.45, 2.75) is 31.2 Å². The lowest BCUT2D eigenvalue weighted by molar-refractivity contribution is -0.274. The number of halogens is 3. The molecule has 1 unspecified atom stereocenters. The van der Waals surface area contributed by atoms with Crippen LogP contribution in [0.2, 0.25) is 0 Å². The summed E-state index contributed by atoms with van der Waals surface area (Å²) in [7, 11) is 0. The minimum atomic E-state index is -4.74. The third-order valence-corrected chi connectivity index (χ3v) is 4.18. The summed E-state index contributed by atoms with van der Waals surface area (Å²) in [4.78, 5) is 8.18. The first kappa shape index (κ1) is 15.7. The molecule has 0 amide bonds. The average Bonchev–Trinajstić information content (AvgIpc) is 2.45. The second kappa shape index (κ2) is 5.81. The van der Waals surface area contributed by atoms with Crippen LogP contribution in [0.25, 0.3) is 0 Å². The van der Waals surface area contributed by atoms with Crippen molar-refractivity contribution in [1.82, 2.24) is 9.97 Å². The van der Waals surface area contributed by atoms with Crippen LogP contribution in [0.1, 0.15) is 30.5 Å². The summed E-state index contributed by atoms with van der Waals surface area (Å²) >= 11 is 0. The number of ether oxygens (including phenoxy) is 1. The van der Waals surface area contributed by atoms with Gasteiger partial charge in [0, 0.05) is 12.4 Å². The van der Waals surface area contributed by atoms with Gasteiger partial charge < -0.3 is 9.84 Å². The van der Waals surface area contributed by atoms with E-state index in [1.807, 2.05) is 0 Å². The van der Waals surface area contributed by atoms with Crippen LogP contribution in [0, 0.1) is 5.92 Å². The Kier molecular flexibility index (Phi) is 3.97. The zero-order valence-electron chi connectivity index (χ0n) is 12.1. The molecule has 4 nitrogen and oxygen atoms in total. The summed E-state index contributed by atoms with van der Waals surface area (Å²) in [5.74, 6) is -0.357. The fourth-order valence-corrected chi connectivity index (χ4v) is 2.83. The van der Waals surface area contributed by atoms with Gasteiger partial charge in [-0.2, -0.15) is 0 Å². The molecule has 23 heavy (non-hydrogen) atoms. The maximum atomic E-state index is 12.2. The molecule has 1 heterocycles. The maximum absolute atomic E-state index is 12.2. The average molecular weight is 324 g/mol. The zero-order valence-corrected chi connectivity index (χ0v) is 12.1. The minimum Gasteiger partial charge on any atom is -0.406 e. The molecule has 3 rings (SSSR count). The molecule has 1 aromatic heterocycles. The first-order valence-corrected chi connectivity index (χ1v) is 7.25. The monoisotopic (exact) mass is 324 g/mol. The van der Waals surface area contributed by atoms with E-state index in [-0.39, 0.29) is 11.7 Å². The lowest BCUT2D eigenvalue weighted by Crippen LogP contribution is -2.41. The number of hydrogen-bond donors (Lipinski definition) is 1. The third-order valence-electron chi connectivity index (χ3n) is 4.18. The number of alkyl halides is 3. The number of benzene rings is 1. The highest BCUT2D eigenvalue weighted by molar-refractivity contribution is 5.37. The van der Waals surface area contributed by atoms with Crippen LogP contribution < -0.4 is 4.74 Å². The number of hydrogen-bond acceptors (Lipinski definition) is 4. The van der Waals surface area contributed by atoms with Crippen molar-refractivity contribution in [3.63, 3.8) is 0 Å². The largest absolute Gasteiger partial charge is 0.573 e. The Morgan fingerprint density at radius 1 is 1.09 bits per heavy atom. The number of nitrogens with zero attached hydrogens (tertiary/aromatic N) is 2. The number of rotatable bonds is 4. The molecular formula is C16H15F3N2O2. The highest BCUT2D eigenvalue weighted by Crippen LogP contribution is 2.46. The molecule has 0 radical (unpaired) electrons. The summed E-state index contributed by atoms with van der Waals surface area (Å²) in [6.07, 6.45) is 2.39. The highest BCUT2D eigenvalue weighted by atomic mass is 19.4. The summed E-state index contributed by atoms with van der Waals surface area (Å²) in [6.45, 7) is 0. The van der Waals surface area contributed by atoms with E-state index in [0.29, 0.717) is 11.3 Å². The van der Waals surface area contributed by atoms with Gasteiger partial charge in [0.1, 0.15) is 11.4 Å². The molecule has 1 aliphatic rings. The number of aromatic nitrogens is 2. The standard InChI is InChI=1S/C16H15F3N2O2/c17-16(18,19)23-13-6-4-12(5-7-13)15(22,11-2-1-3-11)14-10-20-8-9-21-14/h4-11,22H,1-3H2. The first-order chi connectivity index (χ1) is 10.9. The van der Waals surface area contributed by atoms with Crippen LogP contribution >= 0.6 is 0 Å². The van der Waals surface area contributed by atoms with E-state index < -0.39 is 12.0 Å². The fraction of sp³-hybridized carbons (Fsp3) is 0.375. The van der Waals surface area contributed by atoms with Crippen LogP contribution in [0.15, 0.2) is 42.9 Å². The van der Waals surface area contributed by atoms with E-state index >= 15 is 0 Å². The highest BCUT2D eigenvalue weighted by Gasteiger charge is 2.44. The van der Waals surface area contributed by atoms with Crippen LogP contribution in [-0.4, -0.2) is 21.4 Å². The predicted molar refractivity (Wildman–Crippen MR) is 75.5 cm³/mol. The molecule has 0 bridgehead atoms. The van der Waals surface area contributed by atoms with E-state index in [4.69, 9.17) is 0 Å². The molecule has 1 atom stereocenters. The van der Waals surface area contributed by atoms with Gasteiger partial charge in [0.2, 0.25) is 0 Å². The van der Waals surface area contributed by atoms with Gasteiger partial charge in [-0.05, 0) is 36.5 Å². The van der Waals surface area contributed by atoms with Crippen LogP contribution in [-0.2, 0) is 5.60 Å². The second-order valence-corrected chi connectivity index (χ2v) is 5.56. The Morgan fingerprint density at radius 3 is 2.26 bits per heavy atom. The van der Waals surface area contributed by atoms with E-state index in [9.17, 15) is 18.3 Å². The van der Waals surface area contributed by atoms with Gasteiger partial charge >= 0.3 is 6.36 Å². The van der Waals surface area contributed by atoms with Crippen molar-refractivity contribution >= 4 is 0 Å². The Balaban J connectivity index is 1.95. The molecule has 0 saturated heterocycles. The Labute approximate surface area is 131 Å². The fourth-order valence-electron chi connectivity index (χ4n) is 2.83. The van der Waals surface area contributed by atoms with E-state index in [1.165, 1.54) is 42.9 Å². The second-order valence-electron chi connectivity index (χ2n) is 5.56. The molecule has 1 aromatic carbocycles. The molecule has 1 N–H and O–H groups in total. The SMILES string of the molecule is OC(c1ccc(OC(F)(F)F)cc1)(c1cnccn1)C1CCC1. The molecular weight excluding hydrogens is 309 g/mol. The van der Waals surface area contributed by atoms with Gasteiger partial charge in [-0.3, -0.25) is 9.97 Å². The predicted octanol–water partition coefficient (Wildman–Crippen LogP) is 3.41. The molecule has 1 aliphatic carbocycles. The number of aliphatic hydroxyl groups is 1. The summed E-state index contributed by atoms with van der Waals surface area (Å²) < 4.78 is 40.6. The molecule has 0 aliphatic heterocycles. The summed E-state index contributed by atoms with van der Waals surface area (Å²) in [5, 5.41) is 11.2. The van der Waals surface area contributed by atoms with Crippen LogP contribution in [0.4, 0.5) is 13.2 Å².